The molecular weight excluding hydrogens is 863 g/mol. The average molecular weight is 911 g/mol. The minimum atomic E-state index is -2.92. The summed E-state index contributed by atoms with van der Waals surface area (Å²) in [6.45, 7) is 2.02. The quantitative estimate of drug-likeness (QED) is 0.116. The van der Waals surface area contributed by atoms with Crippen LogP contribution in [0.25, 0.3) is 0 Å². The lowest BCUT2D eigenvalue weighted by Gasteiger charge is -2.16. The number of alkyl halides is 2. The smallest absolute Gasteiger partial charge is 0.387 e. The van der Waals surface area contributed by atoms with E-state index < -0.39 is 12.7 Å². The largest absolute Gasteiger partial charge is 0.464 e. The normalized spacial score (nSPS) is 16.0. The van der Waals surface area contributed by atoms with Gasteiger partial charge in [-0.3, -0.25) is 14.9 Å². The summed E-state index contributed by atoms with van der Waals surface area (Å²) in [5.74, 6) is 0.962. The van der Waals surface area contributed by atoms with Gasteiger partial charge in [0, 0.05) is 55.4 Å². The number of benzene rings is 2. The van der Waals surface area contributed by atoms with E-state index in [1.54, 1.807) is 24.5 Å². The van der Waals surface area contributed by atoms with Gasteiger partial charge in [0.15, 0.2) is 17.7 Å². The summed E-state index contributed by atoms with van der Waals surface area (Å²) < 4.78 is 46.2. The number of carbonyl (C=O) groups is 2. The van der Waals surface area contributed by atoms with E-state index in [1.807, 2.05) is 55.5 Å². The van der Waals surface area contributed by atoms with E-state index in [1.165, 1.54) is 30.6 Å². The highest BCUT2D eigenvalue weighted by molar-refractivity contribution is 7.17. The Labute approximate surface area is 371 Å². The zero-order valence-corrected chi connectivity index (χ0v) is 35.9. The summed E-state index contributed by atoms with van der Waals surface area (Å²) in [6.07, 6.45) is 4.07. The third-order valence-electron chi connectivity index (χ3n) is 9.19. The second-order valence-electron chi connectivity index (χ2n) is 13.6. The number of hydrogen-bond acceptors (Lipinski definition) is 19. The minimum Gasteiger partial charge on any atom is -0.464 e. The van der Waals surface area contributed by atoms with Gasteiger partial charge < -0.3 is 39.2 Å². The van der Waals surface area contributed by atoms with E-state index in [2.05, 4.69) is 66.0 Å². The number of halogens is 2. The SMILES string of the molecule is CO.CO[C@H](C(=O)Nc1nnc(O[C@@H]2CCN(c3cccnn3)C2)s1)c1cccc(C)c1.O=C(Cc1cccc(OC(F)F)c1)Nc1nnc(O[C@@H]2CCN(c3cccnn3)C2)s1.[HH].[HH]. The third-order valence-corrected chi connectivity index (χ3v) is 10.6. The van der Waals surface area contributed by atoms with Crippen LogP contribution in [0.1, 0.15) is 38.5 Å². The lowest BCUT2D eigenvalue weighted by atomic mass is 10.1. The fraction of sp³-hybridized carbons (Fsp3) is 0.350. The molecule has 8 rings (SSSR count). The predicted octanol–water partition coefficient (Wildman–Crippen LogP) is 5.49. The summed E-state index contributed by atoms with van der Waals surface area (Å²) in [7, 11) is 2.50. The Morgan fingerprint density at radius 3 is 1.92 bits per heavy atom. The maximum absolute atomic E-state index is 12.7. The monoisotopic (exact) mass is 910 g/mol. The highest BCUT2D eigenvalue weighted by Gasteiger charge is 2.28. The molecule has 6 aromatic rings. The van der Waals surface area contributed by atoms with Gasteiger partial charge in [0.05, 0.1) is 19.5 Å². The number of aryl methyl sites for hydroxylation is 1. The highest BCUT2D eigenvalue weighted by atomic mass is 32.1. The first-order valence-corrected chi connectivity index (χ1v) is 21.0. The van der Waals surface area contributed by atoms with Gasteiger partial charge in [-0.2, -0.15) is 19.0 Å². The van der Waals surface area contributed by atoms with Gasteiger partial charge in [-0.05, 0) is 77.1 Å². The molecule has 3 atom stereocenters. The molecule has 63 heavy (non-hydrogen) atoms. The number of rotatable bonds is 15. The molecule has 0 unspecified atom stereocenters. The zero-order valence-electron chi connectivity index (χ0n) is 34.3. The van der Waals surface area contributed by atoms with E-state index in [0.29, 0.717) is 39.3 Å². The zero-order chi connectivity index (χ0) is 44.6. The van der Waals surface area contributed by atoms with Crippen LogP contribution in [-0.2, 0) is 20.7 Å². The van der Waals surface area contributed by atoms with Crippen molar-refractivity contribution < 1.29 is 45.3 Å². The van der Waals surface area contributed by atoms with Gasteiger partial charge in [-0.1, -0.05) is 52.2 Å². The summed E-state index contributed by atoms with van der Waals surface area (Å²) >= 11 is 2.31. The molecule has 3 N–H and O–H groups in total. The van der Waals surface area contributed by atoms with Crippen molar-refractivity contribution in [3.05, 3.63) is 102 Å². The van der Waals surface area contributed by atoms with Gasteiger partial charge in [0.25, 0.3) is 16.3 Å². The first-order valence-electron chi connectivity index (χ1n) is 19.4. The molecule has 0 saturated carbocycles. The first-order chi connectivity index (χ1) is 30.7. The molecule has 2 fully saturated rings. The number of nitrogens with one attached hydrogen (secondary N) is 2. The number of hydrogen-bond donors (Lipinski definition) is 3. The number of aliphatic hydroxyl groups excluding tert-OH is 1. The Kier molecular flexibility index (Phi) is 16.8. The molecule has 2 aliphatic heterocycles. The molecule has 23 heteroatoms. The number of carbonyl (C=O) groups excluding carboxylic acids is 2. The first kappa shape index (κ1) is 46.0. The number of aliphatic hydroxyl groups is 1. The second-order valence-corrected chi connectivity index (χ2v) is 15.5. The van der Waals surface area contributed by atoms with Gasteiger partial charge in [0.2, 0.25) is 16.2 Å². The van der Waals surface area contributed by atoms with Gasteiger partial charge in [-0.15, -0.1) is 20.4 Å². The lowest BCUT2D eigenvalue weighted by molar-refractivity contribution is -0.126. The van der Waals surface area contributed by atoms with Crippen LogP contribution in [0, 0.1) is 6.92 Å². The van der Waals surface area contributed by atoms with Crippen LogP contribution >= 0.6 is 22.7 Å². The highest BCUT2D eigenvalue weighted by Crippen LogP contribution is 2.29. The number of amides is 2. The minimum absolute atomic E-state index is 0. The number of aromatic nitrogens is 8. The number of methoxy groups -OCH3 is 1. The van der Waals surface area contributed by atoms with E-state index in [0.717, 1.165) is 67.1 Å². The summed E-state index contributed by atoms with van der Waals surface area (Å²) in [5.41, 5.74) is 2.37. The predicted molar refractivity (Wildman–Crippen MR) is 234 cm³/mol. The van der Waals surface area contributed by atoms with Crippen molar-refractivity contribution in [2.75, 3.05) is 60.8 Å². The molecule has 2 aromatic carbocycles. The van der Waals surface area contributed by atoms with Crippen LogP contribution in [0.3, 0.4) is 0 Å². The summed E-state index contributed by atoms with van der Waals surface area (Å²) in [4.78, 5) is 29.1. The molecular formula is C40H48F2N12O7S2. The van der Waals surface area contributed by atoms with Crippen LogP contribution < -0.4 is 34.6 Å². The van der Waals surface area contributed by atoms with E-state index in [4.69, 9.17) is 19.3 Å². The molecule has 2 saturated heterocycles. The van der Waals surface area contributed by atoms with Crippen LogP contribution in [0.2, 0.25) is 0 Å². The molecule has 4 aromatic heterocycles. The van der Waals surface area contributed by atoms with Crippen molar-refractivity contribution in [2.45, 2.75) is 51.1 Å². The Balaban J connectivity index is 0.000000266. The molecule has 2 amide bonds. The average Bonchev–Trinajstić information content (AvgIpc) is 4.13. The Morgan fingerprint density at radius 1 is 0.794 bits per heavy atom. The molecule has 0 radical (unpaired) electrons. The van der Waals surface area contributed by atoms with Gasteiger partial charge >= 0.3 is 6.61 Å². The van der Waals surface area contributed by atoms with Crippen LogP contribution in [0.5, 0.6) is 16.1 Å². The van der Waals surface area contributed by atoms with Crippen molar-refractivity contribution in [2.24, 2.45) is 0 Å². The van der Waals surface area contributed by atoms with Gasteiger partial charge in [-0.25, -0.2) is 0 Å². The molecule has 336 valence electrons. The van der Waals surface area contributed by atoms with Crippen molar-refractivity contribution >= 4 is 56.4 Å². The van der Waals surface area contributed by atoms with Gasteiger partial charge in [0.1, 0.15) is 18.0 Å². The van der Waals surface area contributed by atoms with Crippen LogP contribution in [0.4, 0.5) is 30.7 Å². The third kappa shape index (κ3) is 13.7. The fourth-order valence-corrected chi connectivity index (χ4v) is 7.81. The molecule has 0 bridgehead atoms. The fourth-order valence-electron chi connectivity index (χ4n) is 6.47. The Hall–Kier alpha value is -6.56. The molecule has 19 nitrogen and oxygen atoms in total. The summed E-state index contributed by atoms with van der Waals surface area (Å²) in [6, 6.07) is 21.1. The van der Waals surface area contributed by atoms with Crippen LogP contribution in [0.15, 0.2) is 85.2 Å². The van der Waals surface area contributed by atoms with Crippen molar-refractivity contribution in [3.63, 3.8) is 0 Å². The van der Waals surface area contributed by atoms with Crippen molar-refractivity contribution in [1.82, 2.24) is 40.8 Å². The Morgan fingerprint density at radius 2 is 1.38 bits per heavy atom. The number of nitrogens with zero attached hydrogens (tertiary/aromatic N) is 10. The Bertz CT molecular complexity index is 2360. The second kappa shape index (κ2) is 23.0. The molecule has 6 heterocycles. The maximum Gasteiger partial charge on any atom is 0.387 e. The van der Waals surface area contributed by atoms with Crippen LogP contribution in [-0.4, -0.2) is 117 Å². The van der Waals surface area contributed by atoms with Crippen molar-refractivity contribution in [1.29, 1.82) is 0 Å². The maximum atomic E-state index is 12.7. The number of ether oxygens (including phenoxy) is 4. The molecule has 0 spiro atoms. The van der Waals surface area contributed by atoms with E-state index in [-0.39, 0.29) is 39.0 Å². The van der Waals surface area contributed by atoms with Crippen molar-refractivity contribution in [3.8, 4) is 16.1 Å². The molecule has 2 aliphatic rings. The van der Waals surface area contributed by atoms with E-state index in [9.17, 15) is 18.4 Å². The standard InChI is InChI=1S/C20H22N6O3S.C19H18F2N6O3S.CH4O.2H2/c1-13-5-3-6-14(11-13)17(28-2)18(27)22-19-24-25-20(30-19)29-15-8-10-26(12-15)16-7-4-9-21-23-16;20-17(21)29-13-4-1-3-12(9-13)10-16(28)23-18-25-26-19(31-18)30-14-6-8-27(11-14)15-5-2-7-22-24-15;1-2;;/h3-7,9,11,15,17H,8,10,12H2,1-2H3,(H,22,24,27);1-5,7,9,14,17H,6,8,10-11H2,(H,23,25,28);2H,1H3;2*1H/t15-,17+;14-;;;/m11.../s1. The lowest BCUT2D eigenvalue weighted by Crippen LogP contribution is -2.25. The molecule has 0 aliphatic carbocycles. The number of anilines is 4. The van der Waals surface area contributed by atoms with E-state index >= 15 is 0 Å². The topological polar surface area (TPSA) is 225 Å². The summed E-state index contributed by atoms with van der Waals surface area (Å²) in [5, 5.41) is 45.8.